The van der Waals surface area contributed by atoms with Crippen molar-refractivity contribution in [2.24, 2.45) is 12.1 Å². The van der Waals surface area contributed by atoms with Crippen LogP contribution in [0, 0.1) is 0 Å². The second-order valence-electron chi connectivity index (χ2n) is 3.56. The molecule has 0 aliphatic heterocycles. The van der Waals surface area contributed by atoms with Crippen LogP contribution in [0.15, 0.2) is 34.0 Å². The Bertz CT molecular complexity index is 574. The molecule has 4 nitrogen and oxygen atoms in total. The lowest BCUT2D eigenvalue weighted by atomic mass is 10.3. The highest BCUT2D eigenvalue weighted by Gasteiger charge is 2.01. The maximum atomic E-state index is 5.88. The zero-order valence-corrected chi connectivity index (χ0v) is 12.5. The predicted octanol–water partition coefficient (Wildman–Crippen LogP) is 3.94. The van der Waals surface area contributed by atoms with Crippen molar-refractivity contribution in [1.82, 2.24) is 9.78 Å². The van der Waals surface area contributed by atoms with Gasteiger partial charge < -0.3 is 0 Å². The molecule has 0 unspecified atom stereocenters. The van der Waals surface area contributed by atoms with Crippen LogP contribution in [0.1, 0.15) is 5.69 Å². The summed E-state index contributed by atoms with van der Waals surface area (Å²) in [5.41, 5.74) is 4.29. The SMILES string of the molecule is Cn1cc(Br)c(/C=N\Nc2cc(Cl)cc(Cl)c2)n1. The molecule has 18 heavy (non-hydrogen) atoms. The molecule has 1 heterocycles. The van der Waals surface area contributed by atoms with E-state index in [1.165, 1.54) is 0 Å². The Kier molecular flexibility index (Phi) is 4.27. The van der Waals surface area contributed by atoms with E-state index >= 15 is 0 Å². The molecule has 0 saturated heterocycles. The summed E-state index contributed by atoms with van der Waals surface area (Å²) >= 11 is 15.1. The Balaban J connectivity index is 2.09. The Morgan fingerprint density at radius 3 is 2.56 bits per heavy atom. The van der Waals surface area contributed by atoms with Gasteiger partial charge in [-0.25, -0.2) is 0 Å². The van der Waals surface area contributed by atoms with Crippen molar-refractivity contribution < 1.29 is 0 Å². The molecule has 0 fully saturated rings. The van der Waals surface area contributed by atoms with E-state index in [9.17, 15) is 0 Å². The normalized spacial score (nSPS) is 11.1. The lowest BCUT2D eigenvalue weighted by Gasteiger charge is -2.01. The van der Waals surface area contributed by atoms with Gasteiger partial charge in [-0.15, -0.1) is 0 Å². The molecular formula is C11H9BrCl2N4. The number of anilines is 1. The third-order valence-electron chi connectivity index (χ3n) is 2.05. The van der Waals surface area contributed by atoms with E-state index in [0.717, 1.165) is 15.9 Å². The van der Waals surface area contributed by atoms with Gasteiger partial charge in [0.2, 0.25) is 0 Å². The van der Waals surface area contributed by atoms with Crippen LogP contribution in [-0.2, 0) is 7.05 Å². The molecule has 1 N–H and O–H groups in total. The van der Waals surface area contributed by atoms with Gasteiger partial charge in [-0.2, -0.15) is 10.2 Å². The first-order chi connectivity index (χ1) is 8.54. The number of rotatable bonds is 3. The van der Waals surface area contributed by atoms with Crippen molar-refractivity contribution in [3.05, 3.63) is 44.6 Å². The van der Waals surface area contributed by atoms with Crippen LogP contribution in [0.3, 0.4) is 0 Å². The van der Waals surface area contributed by atoms with E-state index in [1.807, 2.05) is 13.2 Å². The molecule has 1 aromatic heterocycles. The Morgan fingerprint density at radius 1 is 1.33 bits per heavy atom. The maximum absolute atomic E-state index is 5.88. The summed E-state index contributed by atoms with van der Waals surface area (Å²) in [4.78, 5) is 0. The molecule has 0 aliphatic rings. The third-order valence-corrected chi connectivity index (χ3v) is 3.10. The molecule has 2 rings (SSSR count). The first kappa shape index (κ1) is 13.4. The molecule has 0 aliphatic carbocycles. The molecule has 7 heteroatoms. The van der Waals surface area contributed by atoms with Crippen molar-refractivity contribution in [3.8, 4) is 0 Å². The predicted molar refractivity (Wildman–Crippen MR) is 78.6 cm³/mol. The topological polar surface area (TPSA) is 42.2 Å². The summed E-state index contributed by atoms with van der Waals surface area (Å²) in [6, 6.07) is 5.13. The molecule has 2 aromatic rings. The monoisotopic (exact) mass is 346 g/mol. The van der Waals surface area contributed by atoms with E-state index in [-0.39, 0.29) is 0 Å². The van der Waals surface area contributed by atoms with Gasteiger partial charge in [0.1, 0.15) is 5.69 Å². The van der Waals surface area contributed by atoms with Gasteiger partial charge in [-0.3, -0.25) is 10.1 Å². The van der Waals surface area contributed by atoms with E-state index < -0.39 is 0 Å². The Hall–Kier alpha value is -1.04. The minimum atomic E-state index is 0.555. The van der Waals surface area contributed by atoms with Crippen LogP contribution < -0.4 is 5.43 Å². The summed E-state index contributed by atoms with van der Waals surface area (Å²) < 4.78 is 2.57. The van der Waals surface area contributed by atoms with Gasteiger partial charge in [0.25, 0.3) is 0 Å². The Morgan fingerprint density at radius 2 is 2.00 bits per heavy atom. The third kappa shape index (κ3) is 3.48. The lowest BCUT2D eigenvalue weighted by Crippen LogP contribution is -1.93. The van der Waals surface area contributed by atoms with Crippen LogP contribution in [0.5, 0.6) is 0 Å². The fourth-order valence-electron chi connectivity index (χ4n) is 1.35. The van der Waals surface area contributed by atoms with Crippen molar-refractivity contribution in [1.29, 1.82) is 0 Å². The molecular weight excluding hydrogens is 339 g/mol. The van der Waals surface area contributed by atoms with E-state index in [4.69, 9.17) is 23.2 Å². The Labute approximate surface area is 123 Å². The highest BCUT2D eigenvalue weighted by atomic mass is 79.9. The largest absolute Gasteiger partial charge is 0.278 e. The van der Waals surface area contributed by atoms with Crippen LogP contribution in [0.4, 0.5) is 5.69 Å². The average Bonchev–Trinajstić information content (AvgIpc) is 2.56. The number of nitrogens with zero attached hydrogens (tertiary/aromatic N) is 3. The lowest BCUT2D eigenvalue weighted by molar-refractivity contribution is 0.765. The quantitative estimate of drug-likeness (QED) is 0.675. The van der Waals surface area contributed by atoms with Crippen LogP contribution in [-0.4, -0.2) is 16.0 Å². The molecule has 0 amide bonds. The van der Waals surface area contributed by atoms with E-state index in [0.29, 0.717) is 10.0 Å². The molecule has 0 spiro atoms. The number of hydrogen-bond donors (Lipinski definition) is 1. The number of hydrogen-bond acceptors (Lipinski definition) is 3. The van der Waals surface area contributed by atoms with Gasteiger partial charge in [-0.1, -0.05) is 23.2 Å². The fraction of sp³-hybridized carbons (Fsp3) is 0.0909. The van der Waals surface area contributed by atoms with Gasteiger partial charge in [0, 0.05) is 23.3 Å². The van der Waals surface area contributed by atoms with Crippen molar-refractivity contribution in [2.75, 3.05) is 5.43 Å². The summed E-state index contributed by atoms with van der Waals surface area (Å²) in [6.07, 6.45) is 3.45. The van der Waals surface area contributed by atoms with Gasteiger partial charge in [0.15, 0.2) is 0 Å². The van der Waals surface area contributed by atoms with Gasteiger partial charge >= 0.3 is 0 Å². The molecule has 0 atom stereocenters. The fourth-order valence-corrected chi connectivity index (χ4v) is 2.35. The summed E-state index contributed by atoms with van der Waals surface area (Å²) in [5, 5.41) is 9.38. The van der Waals surface area contributed by atoms with E-state index in [2.05, 4.69) is 31.6 Å². The van der Waals surface area contributed by atoms with Crippen molar-refractivity contribution in [3.63, 3.8) is 0 Å². The standard InChI is InChI=1S/C11H9BrCl2N4/c1-18-6-10(12)11(17-18)5-15-16-9-3-7(13)2-8(14)4-9/h2-6,16H,1H3/b15-5-. The second-order valence-corrected chi connectivity index (χ2v) is 5.29. The van der Waals surface area contributed by atoms with Crippen molar-refractivity contribution in [2.45, 2.75) is 0 Å². The molecule has 1 aromatic carbocycles. The van der Waals surface area contributed by atoms with Gasteiger partial charge in [-0.05, 0) is 34.1 Å². The summed E-state index contributed by atoms with van der Waals surface area (Å²) in [5.74, 6) is 0. The number of benzene rings is 1. The number of nitrogens with one attached hydrogen (secondary N) is 1. The zero-order chi connectivity index (χ0) is 13.1. The minimum Gasteiger partial charge on any atom is -0.278 e. The van der Waals surface area contributed by atoms with Crippen LogP contribution >= 0.6 is 39.1 Å². The zero-order valence-electron chi connectivity index (χ0n) is 9.36. The van der Waals surface area contributed by atoms with Crippen LogP contribution in [0.2, 0.25) is 10.0 Å². The van der Waals surface area contributed by atoms with Crippen molar-refractivity contribution >= 4 is 51.0 Å². The summed E-state index contributed by atoms with van der Waals surface area (Å²) in [6.45, 7) is 0. The highest BCUT2D eigenvalue weighted by molar-refractivity contribution is 9.10. The molecule has 94 valence electrons. The van der Waals surface area contributed by atoms with Gasteiger partial charge in [0.05, 0.1) is 16.4 Å². The van der Waals surface area contributed by atoms with E-state index in [1.54, 1.807) is 29.1 Å². The maximum Gasteiger partial charge on any atom is 0.119 e. The number of aromatic nitrogens is 2. The number of halogens is 3. The first-order valence-corrected chi connectivity index (χ1v) is 6.54. The first-order valence-electron chi connectivity index (χ1n) is 4.99. The highest BCUT2D eigenvalue weighted by Crippen LogP contribution is 2.22. The summed E-state index contributed by atoms with van der Waals surface area (Å²) in [7, 11) is 1.84. The minimum absolute atomic E-state index is 0.555. The second kappa shape index (κ2) is 5.73. The number of hydrazone groups is 1. The molecule has 0 radical (unpaired) electrons. The molecule has 0 bridgehead atoms. The average molecular weight is 348 g/mol. The smallest absolute Gasteiger partial charge is 0.119 e. The van der Waals surface area contributed by atoms with Crippen LogP contribution in [0.25, 0.3) is 0 Å². The molecule has 0 saturated carbocycles. The number of aryl methyl sites for hydroxylation is 1.